The summed E-state index contributed by atoms with van der Waals surface area (Å²) in [5, 5.41) is 11.8. The average molecular weight is 296 g/mol. The summed E-state index contributed by atoms with van der Waals surface area (Å²) in [4.78, 5) is 14.1. The fraction of sp³-hybridized carbons (Fsp3) is 0.533. The SMILES string of the molecule is COC1CCN(CCNC(=O)c2ccc(O)cc2F)CC1. The first-order valence-corrected chi connectivity index (χ1v) is 7.12. The smallest absolute Gasteiger partial charge is 0.254 e. The molecule has 1 fully saturated rings. The van der Waals surface area contributed by atoms with Crippen LogP contribution in [-0.2, 0) is 4.74 Å². The zero-order valence-corrected chi connectivity index (χ0v) is 12.1. The summed E-state index contributed by atoms with van der Waals surface area (Å²) in [5.74, 6) is -1.36. The van der Waals surface area contributed by atoms with Crippen LogP contribution in [0.5, 0.6) is 5.75 Å². The van der Waals surface area contributed by atoms with E-state index in [1.807, 2.05) is 0 Å². The van der Waals surface area contributed by atoms with Crippen LogP contribution in [0, 0.1) is 5.82 Å². The van der Waals surface area contributed by atoms with E-state index in [0.29, 0.717) is 12.6 Å². The van der Waals surface area contributed by atoms with E-state index in [-0.39, 0.29) is 11.3 Å². The summed E-state index contributed by atoms with van der Waals surface area (Å²) >= 11 is 0. The topological polar surface area (TPSA) is 61.8 Å². The van der Waals surface area contributed by atoms with Gasteiger partial charge in [-0.05, 0) is 25.0 Å². The van der Waals surface area contributed by atoms with Crippen LogP contribution in [-0.4, -0.2) is 55.3 Å². The van der Waals surface area contributed by atoms with Crippen LogP contribution in [0.1, 0.15) is 23.2 Å². The van der Waals surface area contributed by atoms with Crippen molar-refractivity contribution in [2.75, 3.05) is 33.3 Å². The Morgan fingerprint density at radius 3 is 2.81 bits per heavy atom. The minimum absolute atomic E-state index is 0.0501. The molecule has 1 saturated heterocycles. The maximum absolute atomic E-state index is 13.5. The van der Waals surface area contributed by atoms with E-state index < -0.39 is 11.7 Å². The number of hydrogen-bond acceptors (Lipinski definition) is 4. The van der Waals surface area contributed by atoms with Crippen LogP contribution in [0.4, 0.5) is 4.39 Å². The van der Waals surface area contributed by atoms with E-state index in [1.165, 1.54) is 12.1 Å². The van der Waals surface area contributed by atoms with Gasteiger partial charge in [0.25, 0.3) is 5.91 Å². The van der Waals surface area contributed by atoms with Gasteiger partial charge in [-0.3, -0.25) is 4.79 Å². The van der Waals surface area contributed by atoms with E-state index in [2.05, 4.69) is 10.2 Å². The molecule has 1 aliphatic rings. The zero-order valence-electron chi connectivity index (χ0n) is 12.1. The molecule has 1 heterocycles. The molecule has 2 rings (SSSR count). The number of ether oxygens (including phenoxy) is 1. The molecule has 0 aliphatic carbocycles. The van der Waals surface area contributed by atoms with Gasteiger partial charge in [-0.2, -0.15) is 0 Å². The number of likely N-dealkylation sites (tertiary alicyclic amines) is 1. The number of halogens is 1. The first-order chi connectivity index (χ1) is 10.1. The molecule has 6 heteroatoms. The number of carbonyl (C=O) groups is 1. The van der Waals surface area contributed by atoms with Gasteiger partial charge in [0.15, 0.2) is 0 Å². The second-order valence-corrected chi connectivity index (χ2v) is 5.20. The van der Waals surface area contributed by atoms with Crippen LogP contribution >= 0.6 is 0 Å². The van der Waals surface area contributed by atoms with Crippen molar-refractivity contribution >= 4 is 5.91 Å². The monoisotopic (exact) mass is 296 g/mol. The fourth-order valence-corrected chi connectivity index (χ4v) is 2.48. The van der Waals surface area contributed by atoms with Crippen molar-refractivity contribution in [1.82, 2.24) is 10.2 Å². The number of phenolic OH excluding ortho intramolecular Hbond substituents is 1. The molecule has 5 nitrogen and oxygen atoms in total. The van der Waals surface area contributed by atoms with Gasteiger partial charge in [-0.1, -0.05) is 0 Å². The van der Waals surface area contributed by atoms with Crippen LogP contribution in [0.25, 0.3) is 0 Å². The Morgan fingerprint density at radius 1 is 1.48 bits per heavy atom. The number of hydrogen-bond donors (Lipinski definition) is 2. The summed E-state index contributed by atoms with van der Waals surface area (Å²) in [6.07, 6.45) is 2.33. The second-order valence-electron chi connectivity index (χ2n) is 5.20. The molecule has 1 aliphatic heterocycles. The zero-order chi connectivity index (χ0) is 15.2. The highest BCUT2D eigenvalue weighted by molar-refractivity contribution is 5.94. The predicted octanol–water partition coefficient (Wildman–Crippen LogP) is 1.37. The van der Waals surface area contributed by atoms with Crippen molar-refractivity contribution in [3.05, 3.63) is 29.6 Å². The molecular formula is C15H21FN2O3. The van der Waals surface area contributed by atoms with Crippen LogP contribution in [0.2, 0.25) is 0 Å². The lowest BCUT2D eigenvalue weighted by Crippen LogP contribution is -2.41. The van der Waals surface area contributed by atoms with Gasteiger partial charge in [0.1, 0.15) is 11.6 Å². The third kappa shape index (κ3) is 4.41. The van der Waals surface area contributed by atoms with Gasteiger partial charge in [0.2, 0.25) is 0 Å². The van der Waals surface area contributed by atoms with Crippen molar-refractivity contribution in [2.24, 2.45) is 0 Å². The Kier molecular flexibility index (Phi) is 5.52. The molecule has 0 aromatic heterocycles. The van der Waals surface area contributed by atoms with Crippen LogP contribution in [0.15, 0.2) is 18.2 Å². The first kappa shape index (κ1) is 15.7. The van der Waals surface area contributed by atoms with Gasteiger partial charge < -0.3 is 20.1 Å². The molecule has 1 aromatic rings. The largest absolute Gasteiger partial charge is 0.508 e. The highest BCUT2D eigenvalue weighted by Crippen LogP contribution is 2.15. The van der Waals surface area contributed by atoms with Crippen molar-refractivity contribution < 1.29 is 19.0 Å². The number of methoxy groups -OCH3 is 1. The van der Waals surface area contributed by atoms with Gasteiger partial charge in [-0.25, -0.2) is 4.39 Å². The molecule has 0 unspecified atom stereocenters. The second kappa shape index (κ2) is 7.38. The van der Waals surface area contributed by atoms with Crippen molar-refractivity contribution in [3.63, 3.8) is 0 Å². The number of amides is 1. The van der Waals surface area contributed by atoms with E-state index in [4.69, 9.17) is 9.84 Å². The van der Waals surface area contributed by atoms with Gasteiger partial charge in [0, 0.05) is 39.4 Å². The summed E-state index contributed by atoms with van der Waals surface area (Å²) in [6.45, 7) is 3.10. The summed E-state index contributed by atoms with van der Waals surface area (Å²) < 4.78 is 18.8. The van der Waals surface area contributed by atoms with Crippen LogP contribution in [0.3, 0.4) is 0 Å². The molecule has 0 radical (unpaired) electrons. The molecule has 1 amide bonds. The Bertz CT molecular complexity index is 488. The van der Waals surface area contributed by atoms with Crippen LogP contribution < -0.4 is 5.32 Å². The standard InChI is InChI=1S/C15H21FN2O3/c1-21-12-4-7-18(8-5-12)9-6-17-15(20)13-3-2-11(19)10-14(13)16/h2-3,10,12,19H,4-9H2,1H3,(H,17,20). The number of carbonyl (C=O) groups excluding carboxylic acids is 1. The predicted molar refractivity (Wildman–Crippen MR) is 76.9 cm³/mol. The molecule has 0 spiro atoms. The maximum Gasteiger partial charge on any atom is 0.254 e. The highest BCUT2D eigenvalue weighted by atomic mass is 19.1. The minimum Gasteiger partial charge on any atom is -0.508 e. The van der Waals surface area contributed by atoms with Crippen molar-refractivity contribution in [3.8, 4) is 5.75 Å². The van der Waals surface area contributed by atoms with E-state index in [0.717, 1.165) is 38.5 Å². The molecular weight excluding hydrogens is 275 g/mol. The summed E-state index contributed by atoms with van der Waals surface area (Å²) in [7, 11) is 1.73. The number of nitrogens with one attached hydrogen (secondary N) is 1. The van der Waals surface area contributed by atoms with E-state index in [1.54, 1.807) is 7.11 Å². The Morgan fingerprint density at radius 2 is 2.19 bits per heavy atom. The third-order valence-electron chi connectivity index (χ3n) is 3.78. The summed E-state index contributed by atoms with van der Waals surface area (Å²) in [6, 6.07) is 3.52. The van der Waals surface area contributed by atoms with E-state index >= 15 is 0 Å². The van der Waals surface area contributed by atoms with Gasteiger partial charge in [-0.15, -0.1) is 0 Å². The lowest BCUT2D eigenvalue weighted by molar-refractivity contribution is 0.0413. The average Bonchev–Trinajstić information content (AvgIpc) is 2.47. The first-order valence-electron chi connectivity index (χ1n) is 7.12. The lowest BCUT2D eigenvalue weighted by atomic mass is 10.1. The molecule has 21 heavy (non-hydrogen) atoms. The number of benzene rings is 1. The normalized spacial score (nSPS) is 16.9. The molecule has 116 valence electrons. The van der Waals surface area contributed by atoms with E-state index in [9.17, 15) is 9.18 Å². The molecule has 0 bridgehead atoms. The van der Waals surface area contributed by atoms with Gasteiger partial charge >= 0.3 is 0 Å². The maximum atomic E-state index is 13.5. The Balaban J connectivity index is 1.74. The minimum atomic E-state index is -0.714. The number of nitrogens with zero attached hydrogens (tertiary/aromatic N) is 1. The molecule has 2 N–H and O–H groups in total. The van der Waals surface area contributed by atoms with Crippen molar-refractivity contribution in [2.45, 2.75) is 18.9 Å². The molecule has 1 aromatic carbocycles. The number of rotatable bonds is 5. The fourth-order valence-electron chi connectivity index (χ4n) is 2.48. The lowest BCUT2D eigenvalue weighted by Gasteiger charge is -2.31. The highest BCUT2D eigenvalue weighted by Gasteiger charge is 2.18. The molecule has 0 atom stereocenters. The number of phenols is 1. The molecule has 0 saturated carbocycles. The number of piperidine rings is 1. The number of aromatic hydroxyl groups is 1. The quantitative estimate of drug-likeness (QED) is 0.861. The Labute approximate surface area is 123 Å². The van der Waals surface area contributed by atoms with Gasteiger partial charge in [0.05, 0.1) is 11.7 Å². The van der Waals surface area contributed by atoms with Crippen molar-refractivity contribution in [1.29, 1.82) is 0 Å². The third-order valence-corrected chi connectivity index (χ3v) is 3.78. The Hall–Kier alpha value is -1.66. The summed E-state index contributed by atoms with van der Waals surface area (Å²) in [5.41, 5.74) is -0.0501.